The van der Waals surface area contributed by atoms with Gasteiger partial charge in [0, 0.05) is 16.7 Å². The Balaban J connectivity index is 2.26. The third-order valence-electron chi connectivity index (χ3n) is 4.52. The van der Waals surface area contributed by atoms with E-state index in [2.05, 4.69) is 22.9 Å². The summed E-state index contributed by atoms with van der Waals surface area (Å²) in [5, 5.41) is 0. The second-order valence-corrected chi connectivity index (χ2v) is 6.82. The van der Waals surface area contributed by atoms with Crippen LogP contribution in [0.25, 0.3) is 0 Å². The zero-order valence-electron chi connectivity index (χ0n) is 13.5. The lowest BCUT2D eigenvalue weighted by molar-refractivity contribution is 0.0979. The number of ketones is 2. The molecular weight excluding hydrogens is 368 g/mol. The van der Waals surface area contributed by atoms with E-state index in [4.69, 9.17) is 11.5 Å². The minimum Gasteiger partial charge on any atom is -0.398 e. The SMILES string of the molecule is CCCCCc1c(N)c(Br)c(N)c2c1C(=O)c1ccccc1C2=O. The van der Waals surface area contributed by atoms with Crippen molar-refractivity contribution in [1.82, 2.24) is 0 Å². The van der Waals surface area contributed by atoms with E-state index in [0.29, 0.717) is 33.3 Å². The zero-order chi connectivity index (χ0) is 17.4. The van der Waals surface area contributed by atoms with Gasteiger partial charge >= 0.3 is 0 Å². The maximum absolute atomic E-state index is 13.0. The fourth-order valence-electron chi connectivity index (χ4n) is 3.25. The zero-order valence-corrected chi connectivity index (χ0v) is 15.1. The Kier molecular flexibility index (Phi) is 4.45. The van der Waals surface area contributed by atoms with Gasteiger partial charge in [-0.1, -0.05) is 44.0 Å². The monoisotopic (exact) mass is 386 g/mol. The standard InChI is InChI=1S/C19H19BrN2O2/c1-2-3-4-9-12-13-14(17(22)15(20)16(12)21)19(24)11-8-6-5-7-10(11)18(13)23/h5-8H,2-4,9,21-22H2,1H3. The summed E-state index contributed by atoms with van der Waals surface area (Å²) in [6, 6.07) is 6.86. The van der Waals surface area contributed by atoms with Crippen molar-refractivity contribution >= 4 is 38.9 Å². The molecule has 0 aliphatic heterocycles. The van der Waals surface area contributed by atoms with Gasteiger partial charge in [-0.25, -0.2) is 0 Å². The van der Waals surface area contributed by atoms with Gasteiger partial charge in [-0.3, -0.25) is 9.59 Å². The molecule has 0 atom stereocenters. The van der Waals surface area contributed by atoms with Crippen LogP contribution < -0.4 is 11.5 Å². The molecule has 5 heteroatoms. The third kappa shape index (κ3) is 2.44. The number of carbonyl (C=O) groups excluding carboxylic acids is 2. The van der Waals surface area contributed by atoms with Crippen LogP contribution >= 0.6 is 15.9 Å². The molecule has 0 unspecified atom stereocenters. The number of fused-ring (bicyclic) bond motifs is 2. The van der Waals surface area contributed by atoms with Gasteiger partial charge in [-0.05, 0) is 34.3 Å². The fraction of sp³-hybridized carbons (Fsp3) is 0.263. The van der Waals surface area contributed by atoms with Crippen LogP contribution in [0.3, 0.4) is 0 Å². The first-order chi connectivity index (χ1) is 11.5. The van der Waals surface area contributed by atoms with Crippen LogP contribution in [0.4, 0.5) is 11.4 Å². The molecule has 0 saturated heterocycles. The van der Waals surface area contributed by atoms with Crippen LogP contribution in [-0.4, -0.2) is 11.6 Å². The van der Waals surface area contributed by atoms with Crippen molar-refractivity contribution in [1.29, 1.82) is 0 Å². The Morgan fingerprint density at radius 1 is 0.917 bits per heavy atom. The van der Waals surface area contributed by atoms with Crippen molar-refractivity contribution in [3.05, 3.63) is 56.6 Å². The van der Waals surface area contributed by atoms with Gasteiger partial charge in [-0.15, -0.1) is 0 Å². The van der Waals surface area contributed by atoms with Crippen LogP contribution in [0.15, 0.2) is 28.7 Å². The lowest BCUT2D eigenvalue weighted by Gasteiger charge is -2.24. The van der Waals surface area contributed by atoms with E-state index in [1.54, 1.807) is 24.3 Å². The molecule has 2 aromatic rings. The smallest absolute Gasteiger partial charge is 0.196 e. The van der Waals surface area contributed by atoms with Crippen LogP contribution in [0.1, 0.15) is 63.6 Å². The van der Waals surface area contributed by atoms with E-state index in [0.717, 1.165) is 24.8 Å². The molecule has 3 rings (SSSR count). The lowest BCUT2D eigenvalue weighted by Crippen LogP contribution is -2.25. The Labute approximate surface area is 149 Å². The molecule has 0 fully saturated rings. The van der Waals surface area contributed by atoms with Gasteiger partial charge in [-0.2, -0.15) is 0 Å². The maximum Gasteiger partial charge on any atom is 0.196 e. The molecule has 0 aromatic heterocycles. The van der Waals surface area contributed by atoms with Gasteiger partial charge in [0.1, 0.15) is 0 Å². The van der Waals surface area contributed by atoms with Crippen LogP contribution in [-0.2, 0) is 6.42 Å². The molecule has 24 heavy (non-hydrogen) atoms. The number of unbranched alkanes of at least 4 members (excludes halogenated alkanes) is 2. The summed E-state index contributed by atoms with van der Waals surface area (Å²) in [6.07, 6.45) is 3.66. The number of carbonyl (C=O) groups is 2. The highest BCUT2D eigenvalue weighted by Crippen LogP contribution is 2.41. The summed E-state index contributed by atoms with van der Waals surface area (Å²) in [7, 11) is 0. The number of anilines is 2. The van der Waals surface area contributed by atoms with Gasteiger partial charge < -0.3 is 11.5 Å². The summed E-state index contributed by atoms with van der Waals surface area (Å²) in [5.74, 6) is -0.382. The van der Waals surface area contributed by atoms with Crippen molar-refractivity contribution in [2.24, 2.45) is 0 Å². The van der Waals surface area contributed by atoms with Gasteiger partial charge in [0.2, 0.25) is 0 Å². The van der Waals surface area contributed by atoms with Gasteiger partial charge in [0.15, 0.2) is 11.6 Å². The van der Waals surface area contributed by atoms with E-state index in [1.807, 2.05) is 0 Å². The Hall–Kier alpha value is -2.14. The van der Waals surface area contributed by atoms with Crippen molar-refractivity contribution in [2.45, 2.75) is 32.6 Å². The topological polar surface area (TPSA) is 86.2 Å². The summed E-state index contributed by atoms with van der Waals surface area (Å²) >= 11 is 3.39. The quantitative estimate of drug-likeness (QED) is 0.521. The van der Waals surface area contributed by atoms with E-state index in [-0.39, 0.29) is 22.8 Å². The molecule has 1 aliphatic rings. The summed E-state index contributed by atoms with van der Waals surface area (Å²) < 4.78 is 0.508. The first-order valence-corrected chi connectivity index (χ1v) is 8.86. The second-order valence-electron chi connectivity index (χ2n) is 6.03. The molecule has 4 N–H and O–H groups in total. The van der Waals surface area contributed by atoms with Crippen molar-refractivity contribution in [3.8, 4) is 0 Å². The summed E-state index contributed by atoms with van der Waals surface area (Å²) in [6.45, 7) is 2.11. The number of hydrogen-bond acceptors (Lipinski definition) is 4. The summed E-state index contributed by atoms with van der Waals surface area (Å²) in [4.78, 5) is 26.0. The fourth-order valence-corrected chi connectivity index (χ4v) is 3.69. The predicted octanol–water partition coefficient (Wildman–Crippen LogP) is 4.12. The molecular formula is C19H19BrN2O2. The van der Waals surface area contributed by atoms with E-state index in [1.165, 1.54) is 0 Å². The molecule has 0 amide bonds. The average molecular weight is 387 g/mol. The minimum atomic E-state index is -0.213. The van der Waals surface area contributed by atoms with Crippen LogP contribution in [0, 0.1) is 0 Å². The van der Waals surface area contributed by atoms with Crippen molar-refractivity contribution in [2.75, 3.05) is 11.5 Å². The predicted molar refractivity (Wildman–Crippen MR) is 99.5 cm³/mol. The number of benzene rings is 2. The molecule has 124 valence electrons. The van der Waals surface area contributed by atoms with Crippen LogP contribution in [0.2, 0.25) is 0 Å². The maximum atomic E-state index is 13.0. The number of nitrogens with two attached hydrogens (primary N) is 2. The van der Waals surface area contributed by atoms with E-state index in [9.17, 15) is 9.59 Å². The molecule has 2 aromatic carbocycles. The van der Waals surface area contributed by atoms with Crippen LogP contribution in [0.5, 0.6) is 0 Å². The normalized spacial score (nSPS) is 12.9. The van der Waals surface area contributed by atoms with Crippen molar-refractivity contribution in [3.63, 3.8) is 0 Å². The molecule has 1 aliphatic carbocycles. The van der Waals surface area contributed by atoms with Gasteiger partial charge in [0.25, 0.3) is 0 Å². The summed E-state index contributed by atoms with van der Waals surface area (Å²) in [5.41, 5.74) is 15.3. The first kappa shape index (κ1) is 16.7. The Morgan fingerprint density at radius 3 is 2.08 bits per heavy atom. The van der Waals surface area contributed by atoms with Crippen molar-refractivity contribution < 1.29 is 9.59 Å². The third-order valence-corrected chi connectivity index (χ3v) is 5.37. The average Bonchev–Trinajstić information content (AvgIpc) is 2.59. The molecule has 4 nitrogen and oxygen atoms in total. The minimum absolute atomic E-state index is 0.169. The molecule has 0 saturated carbocycles. The molecule has 0 heterocycles. The van der Waals surface area contributed by atoms with Gasteiger partial charge in [0.05, 0.1) is 21.4 Å². The highest BCUT2D eigenvalue weighted by Gasteiger charge is 2.35. The number of halogens is 1. The highest BCUT2D eigenvalue weighted by atomic mass is 79.9. The van der Waals surface area contributed by atoms with E-state index >= 15 is 0 Å². The number of hydrogen-bond donors (Lipinski definition) is 2. The Morgan fingerprint density at radius 2 is 1.50 bits per heavy atom. The Bertz CT molecular complexity index is 859. The highest BCUT2D eigenvalue weighted by molar-refractivity contribution is 9.10. The largest absolute Gasteiger partial charge is 0.398 e. The molecule has 0 bridgehead atoms. The lowest BCUT2D eigenvalue weighted by atomic mass is 9.79. The second kappa shape index (κ2) is 6.40. The first-order valence-electron chi connectivity index (χ1n) is 8.06. The number of nitrogen functional groups attached to an aromatic ring is 2. The molecule has 0 spiro atoms. The molecule has 0 radical (unpaired) electrons. The van der Waals surface area contributed by atoms with E-state index < -0.39 is 0 Å². The number of rotatable bonds is 4.